The van der Waals surface area contributed by atoms with E-state index in [1.807, 2.05) is 18.2 Å². The molecule has 1 aromatic heterocycles. The van der Waals surface area contributed by atoms with Crippen LogP contribution in [0.4, 0.5) is 5.69 Å². The second kappa shape index (κ2) is 10.0. The van der Waals surface area contributed by atoms with Crippen molar-refractivity contribution in [1.29, 1.82) is 0 Å². The van der Waals surface area contributed by atoms with Gasteiger partial charge in [0.15, 0.2) is 11.3 Å². The van der Waals surface area contributed by atoms with E-state index in [1.54, 1.807) is 11.6 Å². The molecule has 1 aliphatic carbocycles. The number of carbonyl (C=O) groups excluding carboxylic acids is 2. The molecule has 1 heterocycles. The number of benzene rings is 2. The van der Waals surface area contributed by atoms with Gasteiger partial charge in [-0.25, -0.2) is 4.79 Å². The zero-order valence-electron chi connectivity index (χ0n) is 18.6. The van der Waals surface area contributed by atoms with Gasteiger partial charge in [0.2, 0.25) is 0 Å². The summed E-state index contributed by atoms with van der Waals surface area (Å²) in [4.78, 5) is 36.7. The SMILES string of the molecule is C[C@@H](OC(=O)c1ccc(Sc2nncn2C)c([N+](=O)[O-])c1)C(=O)N[C@H]1CCCc2ccccc21. The molecule has 0 fully saturated rings. The maximum absolute atomic E-state index is 12.7. The summed E-state index contributed by atoms with van der Waals surface area (Å²) < 4.78 is 6.95. The molecule has 4 rings (SSSR count). The number of nitro groups is 1. The number of hydrogen-bond acceptors (Lipinski definition) is 8. The predicted octanol–water partition coefficient (Wildman–Crippen LogP) is 3.61. The number of hydrogen-bond donors (Lipinski definition) is 1. The van der Waals surface area contributed by atoms with Crippen LogP contribution in [-0.2, 0) is 23.0 Å². The third kappa shape index (κ3) is 5.09. The van der Waals surface area contributed by atoms with Crippen molar-refractivity contribution < 1.29 is 19.2 Å². The molecule has 176 valence electrons. The van der Waals surface area contributed by atoms with Gasteiger partial charge >= 0.3 is 5.97 Å². The maximum atomic E-state index is 12.7. The molecule has 0 saturated carbocycles. The van der Waals surface area contributed by atoms with Crippen LogP contribution in [0.15, 0.2) is 58.8 Å². The van der Waals surface area contributed by atoms with Crippen molar-refractivity contribution in [2.45, 2.75) is 48.4 Å². The van der Waals surface area contributed by atoms with E-state index in [-0.39, 0.29) is 17.3 Å². The van der Waals surface area contributed by atoms with Crippen molar-refractivity contribution in [2.24, 2.45) is 7.05 Å². The zero-order valence-corrected chi connectivity index (χ0v) is 19.4. The third-order valence-electron chi connectivity index (χ3n) is 5.60. The second-order valence-electron chi connectivity index (χ2n) is 7.97. The quantitative estimate of drug-likeness (QED) is 0.308. The minimum Gasteiger partial charge on any atom is -0.449 e. The molecule has 3 aromatic rings. The van der Waals surface area contributed by atoms with E-state index in [4.69, 9.17) is 4.74 Å². The van der Waals surface area contributed by atoms with Gasteiger partial charge < -0.3 is 14.6 Å². The van der Waals surface area contributed by atoms with Gasteiger partial charge in [0, 0.05) is 13.1 Å². The number of esters is 1. The Bertz CT molecular complexity index is 1240. The Balaban J connectivity index is 1.43. The Kier molecular flexibility index (Phi) is 6.92. The lowest BCUT2D eigenvalue weighted by Gasteiger charge is -2.27. The Labute approximate surface area is 199 Å². The summed E-state index contributed by atoms with van der Waals surface area (Å²) in [7, 11) is 1.72. The number of fused-ring (bicyclic) bond motifs is 1. The first-order valence-electron chi connectivity index (χ1n) is 10.7. The number of carbonyl (C=O) groups is 2. The van der Waals surface area contributed by atoms with E-state index in [9.17, 15) is 19.7 Å². The highest BCUT2D eigenvalue weighted by atomic mass is 32.2. The number of nitro benzene ring substituents is 1. The fourth-order valence-electron chi connectivity index (χ4n) is 3.81. The first-order valence-corrected chi connectivity index (χ1v) is 11.5. The van der Waals surface area contributed by atoms with Crippen LogP contribution < -0.4 is 5.32 Å². The number of aromatic nitrogens is 3. The van der Waals surface area contributed by atoms with Gasteiger partial charge in [-0.1, -0.05) is 24.3 Å². The van der Waals surface area contributed by atoms with E-state index >= 15 is 0 Å². The maximum Gasteiger partial charge on any atom is 0.339 e. The van der Waals surface area contributed by atoms with E-state index in [1.165, 1.54) is 30.9 Å². The zero-order chi connectivity index (χ0) is 24.2. The molecule has 1 aliphatic rings. The highest BCUT2D eigenvalue weighted by Gasteiger charge is 2.27. The van der Waals surface area contributed by atoms with Crippen LogP contribution in [-0.4, -0.2) is 37.7 Å². The Morgan fingerprint density at radius 2 is 2.09 bits per heavy atom. The van der Waals surface area contributed by atoms with Gasteiger partial charge in [0.25, 0.3) is 11.6 Å². The number of aryl methyl sites for hydroxylation is 2. The summed E-state index contributed by atoms with van der Waals surface area (Å²) in [6.45, 7) is 1.48. The highest BCUT2D eigenvalue weighted by Crippen LogP contribution is 2.34. The van der Waals surface area contributed by atoms with Gasteiger partial charge in [0.05, 0.1) is 21.4 Å². The molecule has 10 nitrogen and oxygen atoms in total. The Morgan fingerprint density at radius 3 is 2.82 bits per heavy atom. The Hall–Kier alpha value is -3.73. The first-order chi connectivity index (χ1) is 16.3. The van der Waals surface area contributed by atoms with Crippen molar-refractivity contribution >= 4 is 29.3 Å². The van der Waals surface area contributed by atoms with Crippen LogP contribution >= 0.6 is 11.8 Å². The molecule has 0 unspecified atom stereocenters. The van der Waals surface area contributed by atoms with Crippen LogP contribution in [0.3, 0.4) is 0 Å². The molecule has 0 saturated heterocycles. The van der Waals surface area contributed by atoms with Crippen molar-refractivity contribution in [3.05, 3.63) is 75.6 Å². The lowest BCUT2D eigenvalue weighted by Crippen LogP contribution is -2.39. The molecule has 11 heteroatoms. The fourth-order valence-corrected chi connectivity index (χ4v) is 4.66. The first kappa shape index (κ1) is 23.4. The van der Waals surface area contributed by atoms with Gasteiger partial charge in [-0.15, -0.1) is 10.2 Å². The standard InChI is InChI=1S/C23H23N5O5S/c1-14(21(29)25-18-9-5-7-15-6-3-4-8-17(15)18)33-22(30)16-10-11-20(19(12-16)28(31)32)34-23-26-24-13-27(23)2/h3-4,6,8,10-14,18H,5,7,9H2,1-2H3,(H,25,29)/t14-,18+/m1/s1. The Morgan fingerprint density at radius 1 is 1.29 bits per heavy atom. The summed E-state index contributed by atoms with van der Waals surface area (Å²) >= 11 is 1.06. The molecule has 34 heavy (non-hydrogen) atoms. The normalized spacial score (nSPS) is 15.8. The van der Waals surface area contributed by atoms with Crippen LogP contribution in [0.5, 0.6) is 0 Å². The minimum atomic E-state index is -1.06. The van der Waals surface area contributed by atoms with Crippen LogP contribution in [0.1, 0.15) is 47.3 Å². The molecule has 0 radical (unpaired) electrons. The second-order valence-corrected chi connectivity index (χ2v) is 8.97. The number of amides is 1. The summed E-state index contributed by atoms with van der Waals surface area (Å²) in [5, 5.41) is 22.7. The predicted molar refractivity (Wildman–Crippen MR) is 123 cm³/mol. The molecule has 0 bridgehead atoms. The number of nitrogens with zero attached hydrogens (tertiary/aromatic N) is 4. The summed E-state index contributed by atoms with van der Waals surface area (Å²) in [5.41, 5.74) is 2.00. The monoisotopic (exact) mass is 481 g/mol. The van der Waals surface area contributed by atoms with Crippen molar-refractivity contribution in [2.75, 3.05) is 0 Å². The molecular weight excluding hydrogens is 458 g/mol. The van der Waals surface area contributed by atoms with E-state index in [2.05, 4.69) is 21.6 Å². The third-order valence-corrected chi connectivity index (χ3v) is 6.72. The van der Waals surface area contributed by atoms with Gasteiger partial charge in [0.1, 0.15) is 6.33 Å². The smallest absolute Gasteiger partial charge is 0.339 e. The van der Waals surface area contributed by atoms with E-state index in [0.717, 1.165) is 42.7 Å². The summed E-state index contributed by atoms with van der Waals surface area (Å²) in [6.07, 6.45) is 3.15. The van der Waals surface area contributed by atoms with Crippen molar-refractivity contribution in [1.82, 2.24) is 20.1 Å². The number of nitrogens with one attached hydrogen (secondary N) is 1. The van der Waals surface area contributed by atoms with Crippen LogP contribution in [0, 0.1) is 10.1 Å². The van der Waals surface area contributed by atoms with Gasteiger partial charge in [-0.05, 0) is 61.2 Å². The van der Waals surface area contributed by atoms with Gasteiger partial charge in [-0.3, -0.25) is 14.9 Å². The number of ether oxygens (including phenoxy) is 1. The molecular formula is C23H23N5O5S. The average molecular weight is 482 g/mol. The lowest BCUT2D eigenvalue weighted by molar-refractivity contribution is -0.387. The molecule has 1 N–H and O–H groups in total. The largest absolute Gasteiger partial charge is 0.449 e. The van der Waals surface area contributed by atoms with E-state index < -0.39 is 22.9 Å². The summed E-state index contributed by atoms with van der Waals surface area (Å²) in [5.74, 6) is -1.23. The molecule has 1 amide bonds. The van der Waals surface area contributed by atoms with Crippen LogP contribution in [0.2, 0.25) is 0 Å². The average Bonchev–Trinajstić information content (AvgIpc) is 3.23. The fraction of sp³-hybridized carbons (Fsp3) is 0.304. The van der Waals surface area contributed by atoms with E-state index in [0.29, 0.717) is 10.1 Å². The molecule has 0 spiro atoms. The van der Waals surface area contributed by atoms with Gasteiger partial charge in [-0.2, -0.15) is 0 Å². The van der Waals surface area contributed by atoms with Crippen molar-refractivity contribution in [3.8, 4) is 0 Å². The topological polar surface area (TPSA) is 129 Å². The molecule has 2 aromatic carbocycles. The lowest BCUT2D eigenvalue weighted by atomic mass is 9.87. The summed E-state index contributed by atoms with van der Waals surface area (Å²) in [6, 6.07) is 11.8. The minimum absolute atomic E-state index is 0.0170. The molecule has 2 atom stereocenters. The molecule has 0 aliphatic heterocycles. The number of rotatable bonds is 7. The van der Waals surface area contributed by atoms with Crippen LogP contribution in [0.25, 0.3) is 0 Å². The van der Waals surface area contributed by atoms with Crippen molar-refractivity contribution in [3.63, 3.8) is 0 Å². The highest BCUT2D eigenvalue weighted by molar-refractivity contribution is 7.99.